The zero-order valence-electron chi connectivity index (χ0n) is 20.0. The van der Waals surface area contributed by atoms with Crippen LogP contribution in [0.15, 0.2) is 83.9 Å². The molecule has 0 saturated heterocycles. The Morgan fingerprint density at radius 2 is 1.37 bits per heavy atom. The SMILES string of the molecule is Cc1ccc(NC2=N[C@@](c3ccc(C)cc3)(C(F)(F)F)c3c(C(F)(F)F)nn(-c4ccccc4)c3O2)cc1. The molecule has 1 atom stereocenters. The quantitative estimate of drug-likeness (QED) is 0.286. The standard InChI is InChI=1S/C27H20F6N4O/c1-16-8-12-18(13-9-16)25(27(31,32)33)21-22(26(28,29)30)36-37(20-6-4-3-5-7-20)23(21)38-24(35-25)34-19-14-10-17(2)11-15-19/h3-15H,1-2H3,(H,34,35)/t25-/m1/s1. The highest BCUT2D eigenvalue weighted by molar-refractivity contribution is 5.92. The van der Waals surface area contributed by atoms with E-state index in [-0.39, 0.29) is 5.69 Å². The van der Waals surface area contributed by atoms with Crippen molar-refractivity contribution in [3.8, 4) is 11.6 Å². The van der Waals surface area contributed by atoms with E-state index < -0.39 is 46.6 Å². The van der Waals surface area contributed by atoms with Gasteiger partial charge in [0, 0.05) is 5.69 Å². The van der Waals surface area contributed by atoms with E-state index in [4.69, 9.17) is 4.74 Å². The number of aliphatic imine (C=N–C) groups is 1. The van der Waals surface area contributed by atoms with Gasteiger partial charge in [-0.05, 0) is 43.7 Å². The minimum absolute atomic E-state index is 0.0795. The Balaban J connectivity index is 1.85. The number of hydrogen-bond donors (Lipinski definition) is 1. The second kappa shape index (κ2) is 8.93. The van der Waals surface area contributed by atoms with Crippen molar-refractivity contribution in [2.75, 3.05) is 5.32 Å². The Morgan fingerprint density at radius 3 is 1.92 bits per heavy atom. The second-order valence-corrected chi connectivity index (χ2v) is 8.86. The fourth-order valence-corrected chi connectivity index (χ4v) is 4.27. The zero-order chi connectivity index (χ0) is 27.3. The first-order valence-electron chi connectivity index (χ1n) is 11.4. The summed E-state index contributed by atoms with van der Waals surface area (Å²) in [6.07, 6.45) is -10.6. The molecule has 0 radical (unpaired) electrons. The third-order valence-electron chi connectivity index (χ3n) is 6.12. The molecule has 0 fully saturated rings. The molecule has 5 rings (SSSR count). The lowest BCUT2D eigenvalue weighted by molar-refractivity contribution is -0.181. The number of aromatic nitrogens is 2. The van der Waals surface area contributed by atoms with Gasteiger partial charge in [0.25, 0.3) is 6.02 Å². The van der Waals surface area contributed by atoms with Crippen molar-refractivity contribution < 1.29 is 31.1 Å². The molecule has 5 nitrogen and oxygen atoms in total. The summed E-state index contributed by atoms with van der Waals surface area (Å²) in [5.41, 5.74) is -5.04. The number of ether oxygens (including phenoxy) is 1. The van der Waals surface area contributed by atoms with Crippen LogP contribution >= 0.6 is 0 Å². The maximum absolute atomic E-state index is 15.2. The first-order chi connectivity index (χ1) is 17.9. The molecule has 38 heavy (non-hydrogen) atoms. The molecule has 3 aromatic carbocycles. The Morgan fingerprint density at radius 1 is 0.789 bits per heavy atom. The number of rotatable bonds is 3. The maximum atomic E-state index is 15.2. The van der Waals surface area contributed by atoms with Crippen LogP contribution < -0.4 is 10.1 Å². The number of nitrogens with zero attached hydrogens (tertiary/aromatic N) is 3. The fourth-order valence-electron chi connectivity index (χ4n) is 4.27. The number of nitrogens with one attached hydrogen (secondary N) is 1. The zero-order valence-corrected chi connectivity index (χ0v) is 20.0. The number of alkyl halides is 6. The van der Waals surface area contributed by atoms with Crippen LogP contribution in [0.4, 0.5) is 32.0 Å². The summed E-state index contributed by atoms with van der Waals surface area (Å²) in [5.74, 6) is -0.744. The van der Waals surface area contributed by atoms with E-state index in [0.29, 0.717) is 11.3 Å². The minimum atomic E-state index is -5.31. The van der Waals surface area contributed by atoms with Crippen molar-refractivity contribution in [3.63, 3.8) is 0 Å². The summed E-state index contributed by atoms with van der Waals surface area (Å²) in [6.45, 7) is 3.48. The lowest BCUT2D eigenvalue weighted by Crippen LogP contribution is -2.47. The molecule has 1 aliphatic heterocycles. The van der Waals surface area contributed by atoms with E-state index in [1.165, 1.54) is 36.4 Å². The summed E-state index contributed by atoms with van der Waals surface area (Å²) in [4.78, 5) is 3.83. The maximum Gasteiger partial charge on any atom is 0.435 e. The van der Waals surface area contributed by atoms with Gasteiger partial charge in [-0.3, -0.25) is 0 Å². The Hall–Kier alpha value is -4.28. The first-order valence-corrected chi connectivity index (χ1v) is 11.4. The molecule has 1 aliphatic rings. The fraction of sp³-hybridized carbons (Fsp3) is 0.185. The van der Waals surface area contributed by atoms with Crippen LogP contribution in [0.1, 0.15) is 27.9 Å². The summed E-state index contributed by atoms with van der Waals surface area (Å²) < 4.78 is 95.0. The first kappa shape index (κ1) is 25.4. The molecule has 0 saturated carbocycles. The molecule has 0 aliphatic carbocycles. The van der Waals surface area contributed by atoms with Crippen LogP contribution in [0.3, 0.4) is 0 Å². The van der Waals surface area contributed by atoms with Gasteiger partial charge >= 0.3 is 12.4 Å². The van der Waals surface area contributed by atoms with E-state index in [2.05, 4.69) is 15.4 Å². The van der Waals surface area contributed by atoms with Crippen LogP contribution in [0.2, 0.25) is 0 Å². The molecular weight excluding hydrogens is 510 g/mol. The molecule has 4 aromatic rings. The van der Waals surface area contributed by atoms with Crippen LogP contribution in [0.25, 0.3) is 5.69 Å². The van der Waals surface area contributed by atoms with E-state index in [1.807, 2.05) is 6.92 Å². The highest BCUT2D eigenvalue weighted by Gasteiger charge is 2.65. The van der Waals surface area contributed by atoms with Gasteiger partial charge < -0.3 is 10.1 Å². The number of benzene rings is 3. The summed E-state index contributed by atoms with van der Waals surface area (Å²) in [6, 6.07) is 18.5. The smallest absolute Gasteiger partial charge is 0.406 e. The van der Waals surface area contributed by atoms with Gasteiger partial charge in [-0.1, -0.05) is 65.7 Å². The predicted molar refractivity (Wildman–Crippen MR) is 129 cm³/mol. The largest absolute Gasteiger partial charge is 0.435 e. The lowest BCUT2D eigenvalue weighted by Gasteiger charge is -2.36. The number of para-hydroxylation sites is 1. The molecule has 0 unspecified atom stereocenters. The number of amidine groups is 1. The second-order valence-electron chi connectivity index (χ2n) is 8.86. The summed E-state index contributed by atoms with van der Waals surface area (Å²) in [5, 5.41) is 6.29. The highest BCUT2D eigenvalue weighted by Crippen LogP contribution is 2.56. The van der Waals surface area contributed by atoms with Crippen molar-refractivity contribution >= 4 is 11.7 Å². The summed E-state index contributed by atoms with van der Waals surface area (Å²) >= 11 is 0. The highest BCUT2D eigenvalue weighted by atomic mass is 19.4. The van der Waals surface area contributed by atoms with Gasteiger partial charge in [-0.15, -0.1) is 0 Å². The van der Waals surface area contributed by atoms with E-state index in [1.54, 1.807) is 37.3 Å². The summed E-state index contributed by atoms with van der Waals surface area (Å²) in [7, 11) is 0. The van der Waals surface area contributed by atoms with Gasteiger partial charge in [0.15, 0.2) is 5.69 Å². The van der Waals surface area contributed by atoms with Crippen LogP contribution in [0.5, 0.6) is 5.88 Å². The predicted octanol–water partition coefficient (Wildman–Crippen LogP) is 7.17. The van der Waals surface area contributed by atoms with Crippen molar-refractivity contribution in [1.82, 2.24) is 9.78 Å². The van der Waals surface area contributed by atoms with E-state index in [0.717, 1.165) is 22.4 Å². The molecular formula is C27H20F6N4O. The monoisotopic (exact) mass is 530 g/mol. The average Bonchev–Trinajstić information content (AvgIpc) is 3.26. The van der Waals surface area contributed by atoms with Gasteiger partial charge in [0.05, 0.1) is 11.3 Å². The molecule has 0 amide bonds. The topological polar surface area (TPSA) is 51.4 Å². The van der Waals surface area contributed by atoms with E-state index >= 15 is 13.2 Å². The minimum Gasteiger partial charge on any atom is -0.406 e. The number of halogens is 6. The third-order valence-corrected chi connectivity index (χ3v) is 6.12. The molecule has 1 aromatic heterocycles. The number of anilines is 1. The molecule has 0 bridgehead atoms. The number of fused-ring (bicyclic) bond motifs is 1. The van der Waals surface area contributed by atoms with Crippen molar-refractivity contribution in [1.29, 1.82) is 0 Å². The van der Waals surface area contributed by atoms with Gasteiger partial charge in [-0.25, -0.2) is 4.99 Å². The van der Waals surface area contributed by atoms with E-state index in [9.17, 15) is 13.2 Å². The van der Waals surface area contributed by atoms with Crippen molar-refractivity contribution in [2.45, 2.75) is 31.7 Å². The third kappa shape index (κ3) is 4.27. The normalized spacial score (nSPS) is 17.4. The van der Waals surface area contributed by atoms with Crippen molar-refractivity contribution in [3.05, 3.63) is 107 Å². The van der Waals surface area contributed by atoms with Crippen LogP contribution in [0, 0.1) is 13.8 Å². The molecule has 11 heteroatoms. The van der Waals surface area contributed by atoms with Gasteiger partial charge in [0.1, 0.15) is 0 Å². The van der Waals surface area contributed by atoms with Gasteiger partial charge in [0.2, 0.25) is 11.4 Å². The molecule has 2 heterocycles. The number of aryl methyl sites for hydroxylation is 2. The number of hydrogen-bond acceptors (Lipinski definition) is 4. The Bertz CT molecular complexity index is 1490. The average molecular weight is 530 g/mol. The molecule has 0 spiro atoms. The van der Waals surface area contributed by atoms with Crippen molar-refractivity contribution in [2.24, 2.45) is 4.99 Å². The molecule has 1 N–H and O–H groups in total. The Kier molecular flexibility index (Phi) is 5.96. The van der Waals surface area contributed by atoms with Crippen LogP contribution in [-0.4, -0.2) is 22.0 Å². The van der Waals surface area contributed by atoms with Crippen LogP contribution in [-0.2, 0) is 11.7 Å². The lowest BCUT2D eigenvalue weighted by atomic mass is 9.81. The molecule has 196 valence electrons. The Labute approximate surface area is 213 Å². The van der Waals surface area contributed by atoms with Gasteiger partial charge in [-0.2, -0.15) is 36.1 Å².